The molecule has 8 atom stereocenters. The summed E-state index contributed by atoms with van der Waals surface area (Å²) in [6, 6.07) is 11.2. The Labute approximate surface area is 255 Å². The third-order valence-corrected chi connectivity index (χ3v) is 18.2. The Hall–Kier alpha value is -0.643. The van der Waals surface area contributed by atoms with Crippen molar-refractivity contribution in [2.75, 3.05) is 6.61 Å². The maximum Gasteiger partial charge on any atom is 0.192 e. The second-order valence-electron chi connectivity index (χ2n) is 17.1. The van der Waals surface area contributed by atoms with Gasteiger partial charge in [-0.3, -0.25) is 0 Å². The Morgan fingerprint density at radius 3 is 2.27 bits per heavy atom. The van der Waals surface area contributed by atoms with E-state index < -0.39 is 8.32 Å². The summed E-state index contributed by atoms with van der Waals surface area (Å²) in [5.41, 5.74) is 2.36. The van der Waals surface area contributed by atoms with E-state index in [9.17, 15) is 0 Å². The van der Waals surface area contributed by atoms with Gasteiger partial charge in [0.1, 0.15) is 0 Å². The summed E-state index contributed by atoms with van der Waals surface area (Å²) in [7, 11) is -1.76. The maximum absolute atomic E-state index is 7.22. The molecule has 3 heteroatoms. The molecule has 0 bridgehead atoms. The maximum atomic E-state index is 7.22. The van der Waals surface area contributed by atoms with Crippen LogP contribution in [0.3, 0.4) is 0 Å². The number of ether oxygens (including phenoxy) is 1. The van der Waals surface area contributed by atoms with Crippen LogP contribution in [0.15, 0.2) is 30.3 Å². The zero-order valence-corrected chi connectivity index (χ0v) is 29.2. The SMILES string of the molecule is CCCCCCO[C@]1(Cc2ccccc2)CC[C@@]2(C)C(CC[C@H]3[C@@H]4CC[C@H](O[Si](C)(C)C(C)(C)C)[C@@]4(C)CC[C@@H]32)C1. The third kappa shape index (κ3) is 6.17. The molecule has 1 unspecified atom stereocenters. The van der Waals surface area contributed by atoms with E-state index in [0.29, 0.717) is 16.9 Å². The van der Waals surface area contributed by atoms with E-state index in [1.54, 1.807) is 0 Å². The van der Waals surface area contributed by atoms with Crippen molar-refractivity contribution in [2.45, 2.75) is 161 Å². The second kappa shape index (κ2) is 12.0. The van der Waals surface area contributed by atoms with Gasteiger partial charge in [0.15, 0.2) is 8.32 Å². The van der Waals surface area contributed by atoms with E-state index in [-0.39, 0.29) is 10.6 Å². The fraction of sp³-hybridized carbons (Fsp3) is 0.842. The molecule has 4 aliphatic rings. The summed E-state index contributed by atoms with van der Waals surface area (Å²) >= 11 is 0. The molecule has 41 heavy (non-hydrogen) atoms. The van der Waals surface area contributed by atoms with Crippen molar-refractivity contribution < 1.29 is 9.16 Å². The summed E-state index contributed by atoms with van der Waals surface area (Å²) < 4.78 is 14.2. The summed E-state index contributed by atoms with van der Waals surface area (Å²) in [5.74, 6) is 3.46. The summed E-state index contributed by atoms with van der Waals surface area (Å²) in [6.07, 6.45) is 18.9. The Morgan fingerprint density at radius 2 is 1.56 bits per heavy atom. The molecule has 0 saturated heterocycles. The predicted molar refractivity (Wildman–Crippen MR) is 177 cm³/mol. The lowest BCUT2D eigenvalue weighted by molar-refractivity contribution is -0.169. The molecule has 0 heterocycles. The van der Waals surface area contributed by atoms with Gasteiger partial charge in [0.2, 0.25) is 0 Å². The van der Waals surface area contributed by atoms with Crippen LogP contribution in [0, 0.1) is 34.5 Å². The molecule has 0 radical (unpaired) electrons. The molecular formula is C38H64O2Si. The smallest absolute Gasteiger partial charge is 0.192 e. The normalized spacial score (nSPS) is 39.2. The highest BCUT2D eigenvalue weighted by Gasteiger charge is 2.62. The van der Waals surface area contributed by atoms with Gasteiger partial charge < -0.3 is 9.16 Å². The van der Waals surface area contributed by atoms with E-state index in [1.807, 2.05) is 0 Å². The van der Waals surface area contributed by atoms with Crippen LogP contribution in [0.25, 0.3) is 0 Å². The third-order valence-electron chi connectivity index (χ3n) is 13.7. The summed E-state index contributed by atoms with van der Waals surface area (Å²) in [5, 5.41) is 0.288. The molecule has 4 aliphatic carbocycles. The van der Waals surface area contributed by atoms with Gasteiger partial charge in [-0.25, -0.2) is 0 Å². The first-order chi connectivity index (χ1) is 19.3. The van der Waals surface area contributed by atoms with E-state index in [2.05, 4.69) is 85.0 Å². The molecule has 0 amide bonds. The van der Waals surface area contributed by atoms with Crippen molar-refractivity contribution in [3.63, 3.8) is 0 Å². The largest absolute Gasteiger partial charge is 0.413 e. The fourth-order valence-corrected chi connectivity index (χ4v) is 11.6. The first-order valence-electron chi connectivity index (χ1n) is 17.7. The van der Waals surface area contributed by atoms with E-state index in [1.165, 1.54) is 89.0 Å². The van der Waals surface area contributed by atoms with E-state index in [0.717, 1.165) is 36.7 Å². The lowest BCUT2D eigenvalue weighted by atomic mass is 9.44. The van der Waals surface area contributed by atoms with Crippen LogP contribution in [0.5, 0.6) is 0 Å². The molecule has 0 aromatic heterocycles. The van der Waals surface area contributed by atoms with Crippen LogP contribution < -0.4 is 0 Å². The molecule has 1 aromatic rings. The van der Waals surface area contributed by atoms with Gasteiger partial charge >= 0.3 is 0 Å². The highest BCUT2D eigenvalue weighted by atomic mass is 28.4. The zero-order valence-electron chi connectivity index (χ0n) is 28.2. The summed E-state index contributed by atoms with van der Waals surface area (Å²) in [4.78, 5) is 0. The lowest BCUT2D eigenvalue weighted by Gasteiger charge is -2.62. The van der Waals surface area contributed by atoms with Crippen LogP contribution in [-0.4, -0.2) is 26.6 Å². The Balaban J connectivity index is 1.30. The number of benzene rings is 1. The molecule has 4 saturated carbocycles. The molecule has 0 spiro atoms. The fourth-order valence-electron chi connectivity index (χ4n) is 10.1. The van der Waals surface area contributed by atoms with Crippen molar-refractivity contribution in [1.82, 2.24) is 0 Å². The van der Waals surface area contributed by atoms with Crippen LogP contribution in [0.2, 0.25) is 18.1 Å². The van der Waals surface area contributed by atoms with Crippen LogP contribution in [0.4, 0.5) is 0 Å². The minimum atomic E-state index is -1.76. The Bertz CT molecular complexity index is 999. The number of hydrogen-bond donors (Lipinski definition) is 0. The number of hydrogen-bond acceptors (Lipinski definition) is 2. The van der Waals surface area contributed by atoms with Crippen molar-refractivity contribution in [3.8, 4) is 0 Å². The highest BCUT2D eigenvalue weighted by Crippen LogP contribution is 2.68. The predicted octanol–water partition coefficient (Wildman–Crippen LogP) is 11.0. The molecular weight excluding hydrogens is 517 g/mol. The van der Waals surface area contributed by atoms with Gasteiger partial charge in [0, 0.05) is 13.0 Å². The number of unbranched alkanes of at least 4 members (excludes halogenated alkanes) is 3. The second-order valence-corrected chi connectivity index (χ2v) is 21.9. The molecule has 5 rings (SSSR count). The van der Waals surface area contributed by atoms with Crippen molar-refractivity contribution in [1.29, 1.82) is 0 Å². The first-order valence-corrected chi connectivity index (χ1v) is 20.6. The van der Waals surface area contributed by atoms with Gasteiger partial charge in [-0.05, 0) is 122 Å². The van der Waals surface area contributed by atoms with E-state index >= 15 is 0 Å². The van der Waals surface area contributed by atoms with Gasteiger partial charge in [-0.1, -0.05) is 91.1 Å². The Kier molecular flexibility index (Phi) is 9.33. The molecule has 1 aromatic carbocycles. The highest BCUT2D eigenvalue weighted by molar-refractivity contribution is 6.74. The molecule has 4 fully saturated rings. The van der Waals surface area contributed by atoms with Gasteiger partial charge in [0.25, 0.3) is 0 Å². The van der Waals surface area contributed by atoms with Gasteiger partial charge in [-0.2, -0.15) is 0 Å². The molecule has 0 N–H and O–H groups in total. The number of fused-ring (bicyclic) bond motifs is 5. The zero-order chi connectivity index (χ0) is 29.5. The van der Waals surface area contributed by atoms with Crippen molar-refractivity contribution in [3.05, 3.63) is 35.9 Å². The van der Waals surface area contributed by atoms with Gasteiger partial charge in [-0.15, -0.1) is 0 Å². The molecule has 2 nitrogen and oxygen atoms in total. The lowest BCUT2D eigenvalue weighted by Crippen LogP contribution is -2.57. The van der Waals surface area contributed by atoms with E-state index in [4.69, 9.17) is 9.16 Å². The van der Waals surface area contributed by atoms with Crippen LogP contribution in [0.1, 0.15) is 131 Å². The average Bonchev–Trinajstić information content (AvgIpc) is 3.24. The van der Waals surface area contributed by atoms with Gasteiger partial charge in [0.05, 0.1) is 11.7 Å². The van der Waals surface area contributed by atoms with Crippen LogP contribution in [-0.2, 0) is 15.6 Å². The summed E-state index contributed by atoms with van der Waals surface area (Å²) in [6.45, 7) is 20.8. The van der Waals surface area contributed by atoms with Crippen molar-refractivity contribution >= 4 is 8.32 Å². The topological polar surface area (TPSA) is 18.5 Å². The monoisotopic (exact) mass is 580 g/mol. The van der Waals surface area contributed by atoms with Crippen LogP contribution >= 0.6 is 0 Å². The number of rotatable bonds is 10. The molecule has 0 aliphatic heterocycles. The molecule has 232 valence electrons. The van der Waals surface area contributed by atoms with Crippen molar-refractivity contribution in [2.24, 2.45) is 34.5 Å². The minimum Gasteiger partial charge on any atom is -0.413 e. The quantitative estimate of drug-likeness (QED) is 0.202. The standard InChI is InChI=1S/C38H64O2Si/c1-9-10-11-15-26-39-38(27-29-16-13-12-14-17-29)25-24-36(5)30(28-38)18-19-31-32-20-21-34(37(32,6)23-22-33(31)36)40-41(7,8)35(2,3)4/h12-14,16-17,30-34H,9-11,15,18-28H2,1-8H3/t30?,31-,32-,33-,34-,36-,37-,38-/m0/s1. The Morgan fingerprint density at radius 1 is 0.829 bits per heavy atom. The minimum absolute atomic E-state index is 0.0310. The first kappa shape index (κ1) is 31.8. The average molecular weight is 581 g/mol.